The summed E-state index contributed by atoms with van der Waals surface area (Å²) in [5.41, 5.74) is 8.46. The van der Waals surface area contributed by atoms with Crippen LogP contribution >= 0.6 is 27.5 Å². The molecule has 136 valence electrons. The minimum atomic E-state index is -0.397. The molecule has 4 aromatic carbocycles. The Kier molecular flexibility index (Phi) is 4.19. The molecule has 0 radical (unpaired) electrons. The zero-order valence-corrected chi connectivity index (χ0v) is 17.8. The van der Waals surface area contributed by atoms with Gasteiger partial charge in [-0.15, -0.1) is 0 Å². The maximum absolute atomic E-state index is 6.54. The van der Waals surface area contributed by atoms with Crippen molar-refractivity contribution in [2.24, 2.45) is 0 Å². The lowest BCUT2D eigenvalue weighted by Gasteiger charge is -2.35. The first-order valence-electron chi connectivity index (χ1n) is 9.35. The van der Waals surface area contributed by atoms with E-state index in [4.69, 9.17) is 11.6 Å². The van der Waals surface area contributed by atoms with Crippen molar-refractivity contribution in [3.63, 3.8) is 0 Å². The number of fused-ring (bicyclic) bond motifs is 3. The average molecular weight is 446 g/mol. The highest BCUT2D eigenvalue weighted by atomic mass is 79.9. The fourth-order valence-corrected chi connectivity index (χ4v) is 5.47. The van der Waals surface area contributed by atoms with Gasteiger partial charge in [0.05, 0.1) is 5.41 Å². The van der Waals surface area contributed by atoms with Crippen LogP contribution in [0, 0.1) is 6.92 Å². The molecule has 5 rings (SSSR count). The predicted octanol–water partition coefficient (Wildman–Crippen LogP) is 7.77. The van der Waals surface area contributed by atoms with Crippen LogP contribution in [0.3, 0.4) is 0 Å². The lowest BCUT2D eigenvalue weighted by atomic mass is 9.67. The van der Waals surface area contributed by atoms with Crippen LogP contribution in [0.5, 0.6) is 0 Å². The van der Waals surface area contributed by atoms with Gasteiger partial charge < -0.3 is 0 Å². The maximum Gasteiger partial charge on any atom is 0.0717 e. The third-order valence-electron chi connectivity index (χ3n) is 5.81. The smallest absolute Gasteiger partial charge is 0.0717 e. The number of rotatable bonds is 2. The standard InChI is InChI=1S/C26H18BrCl/c1-17-12-15-23(27)24-21-14-13-20(28)16-22(21)26(25(17)24,18-8-4-2-5-9-18)19-10-6-3-7-11-19/h2-16H,1H3. The van der Waals surface area contributed by atoms with Crippen molar-refractivity contribution >= 4 is 27.5 Å². The van der Waals surface area contributed by atoms with Crippen LogP contribution in [0.2, 0.25) is 5.02 Å². The first kappa shape index (κ1) is 17.7. The number of benzene rings is 4. The van der Waals surface area contributed by atoms with E-state index in [1.54, 1.807) is 0 Å². The second-order valence-electron chi connectivity index (χ2n) is 7.29. The molecular weight excluding hydrogens is 428 g/mol. The molecule has 2 heteroatoms. The van der Waals surface area contributed by atoms with E-state index in [0.717, 1.165) is 9.50 Å². The summed E-state index contributed by atoms with van der Waals surface area (Å²) in [6, 6.07) is 32.2. The molecule has 0 bridgehead atoms. The Morgan fingerprint density at radius 3 is 1.96 bits per heavy atom. The maximum atomic E-state index is 6.54. The molecule has 0 saturated carbocycles. The Hall–Kier alpha value is -2.35. The highest BCUT2D eigenvalue weighted by Gasteiger charge is 2.47. The summed E-state index contributed by atoms with van der Waals surface area (Å²) in [6.45, 7) is 2.21. The average Bonchev–Trinajstić information content (AvgIpc) is 3.04. The van der Waals surface area contributed by atoms with Gasteiger partial charge in [0.1, 0.15) is 0 Å². The van der Waals surface area contributed by atoms with E-state index in [1.807, 2.05) is 6.07 Å². The molecule has 0 atom stereocenters. The van der Waals surface area contributed by atoms with E-state index in [0.29, 0.717) is 0 Å². The molecule has 0 heterocycles. The molecule has 0 spiro atoms. The molecule has 0 N–H and O–H groups in total. The van der Waals surface area contributed by atoms with Crippen molar-refractivity contribution in [2.45, 2.75) is 12.3 Å². The fraction of sp³-hybridized carbons (Fsp3) is 0.0769. The summed E-state index contributed by atoms with van der Waals surface area (Å²) in [5, 5.41) is 0.761. The van der Waals surface area contributed by atoms with Crippen LogP contribution in [0.1, 0.15) is 27.8 Å². The van der Waals surface area contributed by atoms with Crippen LogP contribution in [0.4, 0.5) is 0 Å². The van der Waals surface area contributed by atoms with Gasteiger partial charge in [0.2, 0.25) is 0 Å². The number of hydrogen-bond acceptors (Lipinski definition) is 0. The van der Waals surface area contributed by atoms with E-state index >= 15 is 0 Å². The summed E-state index contributed by atoms with van der Waals surface area (Å²) in [7, 11) is 0. The van der Waals surface area contributed by atoms with Crippen LogP contribution in [0.15, 0.2) is 95.5 Å². The molecule has 0 amide bonds. The predicted molar refractivity (Wildman–Crippen MR) is 121 cm³/mol. The molecule has 0 fully saturated rings. The van der Waals surface area contributed by atoms with Gasteiger partial charge in [-0.1, -0.05) is 100 Å². The van der Waals surface area contributed by atoms with Gasteiger partial charge in [-0.05, 0) is 58.5 Å². The van der Waals surface area contributed by atoms with Crippen molar-refractivity contribution in [3.8, 4) is 11.1 Å². The Morgan fingerprint density at radius 1 is 0.750 bits per heavy atom. The number of halogens is 2. The third-order valence-corrected chi connectivity index (χ3v) is 6.70. The highest BCUT2D eigenvalue weighted by molar-refractivity contribution is 9.10. The second-order valence-corrected chi connectivity index (χ2v) is 8.58. The summed E-state index contributed by atoms with van der Waals surface area (Å²) in [5.74, 6) is 0. The summed E-state index contributed by atoms with van der Waals surface area (Å²) in [4.78, 5) is 0. The first-order valence-corrected chi connectivity index (χ1v) is 10.5. The lowest BCUT2D eigenvalue weighted by Crippen LogP contribution is -2.29. The molecule has 1 aliphatic rings. The number of hydrogen-bond donors (Lipinski definition) is 0. The van der Waals surface area contributed by atoms with Crippen molar-refractivity contribution in [3.05, 3.63) is 128 Å². The molecule has 4 aromatic rings. The van der Waals surface area contributed by atoms with Crippen molar-refractivity contribution < 1.29 is 0 Å². The third kappa shape index (κ3) is 2.36. The van der Waals surface area contributed by atoms with Gasteiger partial charge in [-0.2, -0.15) is 0 Å². The van der Waals surface area contributed by atoms with Crippen LogP contribution < -0.4 is 0 Å². The largest absolute Gasteiger partial charge is 0.0843 e. The van der Waals surface area contributed by atoms with Gasteiger partial charge in [-0.25, -0.2) is 0 Å². The van der Waals surface area contributed by atoms with Crippen molar-refractivity contribution in [1.29, 1.82) is 0 Å². The molecule has 1 aliphatic carbocycles. The van der Waals surface area contributed by atoms with Gasteiger partial charge in [0.25, 0.3) is 0 Å². The molecular formula is C26H18BrCl. The Morgan fingerprint density at radius 2 is 1.36 bits per heavy atom. The zero-order chi connectivity index (χ0) is 19.3. The van der Waals surface area contributed by atoms with E-state index in [9.17, 15) is 0 Å². The van der Waals surface area contributed by atoms with Gasteiger partial charge in [-0.3, -0.25) is 0 Å². The summed E-state index contributed by atoms with van der Waals surface area (Å²) in [6.07, 6.45) is 0. The highest BCUT2D eigenvalue weighted by Crippen LogP contribution is 2.59. The van der Waals surface area contributed by atoms with Crippen molar-refractivity contribution in [1.82, 2.24) is 0 Å². The molecule has 0 aliphatic heterocycles. The minimum Gasteiger partial charge on any atom is -0.0843 e. The lowest BCUT2D eigenvalue weighted by molar-refractivity contribution is 0.761. The quantitative estimate of drug-likeness (QED) is 0.260. The van der Waals surface area contributed by atoms with Crippen molar-refractivity contribution in [2.75, 3.05) is 0 Å². The normalized spacial score (nSPS) is 13.8. The molecule has 28 heavy (non-hydrogen) atoms. The SMILES string of the molecule is Cc1ccc(Br)c2c1C(c1ccccc1)(c1ccccc1)c1cc(Cl)ccc1-2. The Bertz CT molecular complexity index is 1140. The van der Waals surface area contributed by atoms with E-state index < -0.39 is 5.41 Å². The minimum absolute atomic E-state index is 0.397. The molecule has 0 saturated heterocycles. The molecule has 0 aromatic heterocycles. The fourth-order valence-electron chi connectivity index (χ4n) is 4.75. The Balaban J connectivity index is 2.04. The van der Waals surface area contributed by atoms with Gasteiger partial charge >= 0.3 is 0 Å². The van der Waals surface area contributed by atoms with Crippen LogP contribution in [0.25, 0.3) is 11.1 Å². The van der Waals surface area contributed by atoms with Gasteiger partial charge in [0.15, 0.2) is 0 Å². The molecule has 0 unspecified atom stereocenters. The van der Waals surface area contributed by atoms with E-state index in [2.05, 4.69) is 108 Å². The van der Waals surface area contributed by atoms with E-state index in [1.165, 1.54) is 38.9 Å². The van der Waals surface area contributed by atoms with Crippen LogP contribution in [-0.4, -0.2) is 0 Å². The first-order chi connectivity index (χ1) is 13.6. The zero-order valence-electron chi connectivity index (χ0n) is 15.4. The summed E-state index contributed by atoms with van der Waals surface area (Å²) >= 11 is 10.4. The second kappa shape index (κ2) is 6.62. The number of aryl methyl sites for hydroxylation is 1. The molecule has 0 nitrogen and oxygen atoms in total. The Labute approximate surface area is 178 Å². The summed E-state index contributed by atoms with van der Waals surface area (Å²) < 4.78 is 1.12. The topological polar surface area (TPSA) is 0 Å². The monoisotopic (exact) mass is 444 g/mol. The van der Waals surface area contributed by atoms with Crippen LogP contribution in [-0.2, 0) is 5.41 Å². The van der Waals surface area contributed by atoms with E-state index in [-0.39, 0.29) is 0 Å². The van der Waals surface area contributed by atoms with Gasteiger partial charge in [0, 0.05) is 15.1 Å².